The molecule has 0 fully saturated rings. The third-order valence-corrected chi connectivity index (χ3v) is 0.788. The number of aliphatic imine (C=N–C) groups is 1. The lowest BCUT2D eigenvalue weighted by atomic mass is 10.7. The first-order chi connectivity index (χ1) is 5.70. The highest BCUT2D eigenvalue weighted by Crippen LogP contribution is 1.79. The summed E-state index contributed by atoms with van der Waals surface area (Å²) < 4.78 is 4.45. The zero-order valence-corrected chi connectivity index (χ0v) is 6.74. The minimum Gasteiger partial charge on any atom is -0.445 e. The van der Waals surface area contributed by atoms with Crippen molar-refractivity contribution in [2.45, 2.75) is 6.92 Å². The van der Waals surface area contributed by atoms with Gasteiger partial charge in [-0.05, 0) is 6.92 Å². The quantitative estimate of drug-likeness (QED) is 0.498. The summed E-state index contributed by atoms with van der Waals surface area (Å²) in [5, 5.41) is 1.87. The summed E-state index contributed by atoms with van der Waals surface area (Å²) in [5.74, 6) is 0. The summed E-state index contributed by atoms with van der Waals surface area (Å²) in [6.45, 7) is 4.96. The molecular weight excluding hydrogens is 160 g/mol. The van der Waals surface area contributed by atoms with Crippen LogP contribution in [0.15, 0.2) is 17.6 Å². The molecule has 0 atom stereocenters. The highest BCUT2D eigenvalue weighted by Gasteiger charge is 2.04. The van der Waals surface area contributed by atoms with Gasteiger partial charge in [0.05, 0.1) is 0 Å². The van der Waals surface area contributed by atoms with Crippen LogP contribution in [0.25, 0.3) is 0 Å². The molecule has 0 rings (SSSR count). The largest absolute Gasteiger partial charge is 0.445 e. The van der Waals surface area contributed by atoms with E-state index in [-0.39, 0.29) is 6.61 Å². The van der Waals surface area contributed by atoms with Gasteiger partial charge in [-0.15, -0.1) is 0 Å². The minimum absolute atomic E-state index is 0.0644. The third-order valence-electron chi connectivity index (χ3n) is 0.788. The molecule has 5 nitrogen and oxygen atoms in total. The summed E-state index contributed by atoms with van der Waals surface area (Å²) in [4.78, 5) is 24.5. The van der Waals surface area contributed by atoms with Crippen LogP contribution in [0.2, 0.25) is 0 Å². The lowest BCUT2D eigenvalue weighted by molar-refractivity contribution is 0.159. The molecule has 0 aliphatic carbocycles. The number of imide groups is 1. The Hall–Kier alpha value is -1.65. The normalized spacial score (nSPS) is 9.42. The predicted octanol–water partition coefficient (Wildman–Crippen LogP) is 1.11. The van der Waals surface area contributed by atoms with E-state index in [0.717, 1.165) is 0 Å². The number of alkyl carbamates (subject to hydrolysis) is 1. The molecule has 0 unspecified atom stereocenters. The summed E-state index contributed by atoms with van der Waals surface area (Å²) in [6, 6.07) is -0.744. The van der Waals surface area contributed by atoms with Gasteiger partial charge in [-0.3, -0.25) is 0 Å². The predicted molar refractivity (Wildman–Crippen MR) is 44.2 cm³/mol. The van der Waals surface area contributed by atoms with Gasteiger partial charge in [0.2, 0.25) is 0 Å². The molecule has 0 saturated carbocycles. The van der Waals surface area contributed by atoms with E-state index < -0.39 is 12.1 Å². The number of amides is 3. The number of carbonyl (C=O) groups excluding carboxylic acids is 2. The molecule has 0 spiro atoms. The lowest BCUT2D eigenvalue weighted by Crippen LogP contribution is -2.28. The molecule has 0 aromatic carbocycles. The maximum atomic E-state index is 10.6. The molecule has 0 radical (unpaired) electrons. The standard InChI is InChI=1S/C7H10N2O3/c1-3-5-12-7(11)9-6(10)8-4-2/h3-4H,1,5H2,2H3,(H,9,10,11). The van der Waals surface area contributed by atoms with Crippen molar-refractivity contribution in [1.29, 1.82) is 0 Å². The third kappa shape index (κ3) is 5.16. The molecule has 0 aliphatic rings. The second kappa shape index (κ2) is 6.09. The molecular formula is C7H10N2O3. The van der Waals surface area contributed by atoms with Crippen molar-refractivity contribution < 1.29 is 14.3 Å². The van der Waals surface area contributed by atoms with Crippen molar-refractivity contribution in [3.05, 3.63) is 12.7 Å². The van der Waals surface area contributed by atoms with Gasteiger partial charge < -0.3 is 4.74 Å². The molecule has 3 amide bonds. The number of hydrogen-bond donors (Lipinski definition) is 1. The zero-order valence-electron chi connectivity index (χ0n) is 6.74. The number of urea groups is 1. The molecule has 5 heteroatoms. The van der Waals surface area contributed by atoms with E-state index in [2.05, 4.69) is 16.3 Å². The number of carbonyl (C=O) groups is 2. The Morgan fingerprint density at radius 2 is 2.33 bits per heavy atom. The van der Waals surface area contributed by atoms with Crippen molar-refractivity contribution >= 4 is 18.3 Å². The van der Waals surface area contributed by atoms with Gasteiger partial charge in [-0.1, -0.05) is 12.7 Å². The van der Waals surface area contributed by atoms with E-state index >= 15 is 0 Å². The highest BCUT2D eigenvalue weighted by atomic mass is 16.5. The molecule has 0 bridgehead atoms. The first-order valence-electron chi connectivity index (χ1n) is 3.28. The SMILES string of the molecule is C=CCOC(=O)NC(=O)N=CC. The fraction of sp³-hybridized carbons (Fsp3) is 0.286. The number of nitrogens with one attached hydrogen (secondary N) is 1. The number of rotatable bonds is 2. The minimum atomic E-state index is -0.828. The smallest absolute Gasteiger partial charge is 0.415 e. The van der Waals surface area contributed by atoms with Crippen LogP contribution >= 0.6 is 0 Å². The maximum absolute atomic E-state index is 10.6. The Morgan fingerprint density at radius 1 is 1.67 bits per heavy atom. The topological polar surface area (TPSA) is 67.8 Å². The van der Waals surface area contributed by atoms with Crippen LogP contribution in [-0.4, -0.2) is 24.9 Å². The molecule has 0 saturated heterocycles. The molecule has 0 heterocycles. The Kier molecular flexibility index (Phi) is 5.25. The van der Waals surface area contributed by atoms with Gasteiger partial charge in [0.25, 0.3) is 0 Å². The summed E-state index contributed by atoms with van der Waals surface area (Å²) in [5.41, 5.74) is 0. The second-order valence-electron chi connectivity index (χ2n) is 1.70. The molecule has 12 heavy (non-hydrogen) atoms. The lowest BCUT2D eigenvalue weighted by Gasteiger charge is -1.99. The van der Waals surface area contributed by atoms with E-state index in [1.165, 1.54) is 12.3 Å². The van der Waals surface area contributed by atoms with E-state index in [4.69, 9.17) is 0 Å². The van der Waals surface area contributed by atoms with Crippen molar-refractivity contribution in [3.8, 4) is 0 Å². The van der Waals surface area contributed by atoms with Gasteiger partial charge in [-0.25, -0.2) is 19.9 Å². The number of hydrogen-bond acceptors (Lipinski definition) is 3. The fourth-order valence-electron chi connectivity index (χ4n) is 0.408. The molecule has 0 aromatic heterocycles. The van der Waals surface area contributed by atoms with Crippen molar-refractivity contribution in [2.24, 2.45) is 4.99 Å². The maximum Gasteiger partial charge on any atom is 0.415 e. The summed E-state index contributed by atoms with van der Waals surface area (Å²) >= 11 is 0. The van der Waals surface area contributed by atoms with Crippen molar-refractivity contribution in [2.75, 3.05) is 6.61 Å². The van der Waals surface area contributed by atoms with E-state index in [1.807, 2.05) is 5.32 Å². The van der Waals surface area contributed by atoms with Gasteiger partial charge in [0.1, 0.15) is 6.61 Å². The number of ether oxygens (including phenoxy) is 1. The first kappa shape index (κ1) is 10.3. The average molecular weight is 170 g/mol. The van der Waals surface area contributed by atoms with Crippen LogP contribution in [0.3, 0.4) is 0 Å². The molecule has 1 N–H and O–H groups in total. The monoisotopic (exact) mass is 170 g/mol. The first-order valence-corrected chi connectivity index (χ1v) is 3.28. The van der Waals surface area contributed by atoms with Crippen LogP contribution in [-0.2, 0) is 4.74 Å². The fourth-order valence-corrected chi connectivity index (χ4v) is 0.408. The number of nitrogens with zero attached hydrogens (tertiary/aromatic N) is 1. The van der Waals surface area contributed by atoms with Gasteiger partial charge in [0.15, 0.2) is 0 Å². The Labute approximate surface area is 70.1 Å². The second-order valence-corrected chi connectivity index (χ2v) is 1.70. The average Bonchev–Trinajstić information content (AvgIpc) is 2.01. The van der Waals surface area contributed by atoms with Gasteiger partial charge in [0, 0.05) is 6.21 Å². The van der Waals surface area contributed by atoms with Gasteiger partial charge in [-0.2, -0.15) is 0 Å². The summed E-state index contributed by atoms with van der Waals surface area (Å²) in [6.07, 6.45) is 1.84. The van der Waals surface area contributed by atoms with E-state index in [9.17, 15) is 9.59 Å². The van der Waals surface area contributed by atoms with E-state index in [1.54, 1.807) is 6.92 Å². The van der Waals surface area contributed by atoms with Crippen molar-refractivity contribution in [1.82, 2.24) is 5.32 Å². The molecule has 66 valence electrons. The summed E-state index contributed by atoms with van der Waals surface area (Å²) in [7, 11) is 0. The Balaban J connectivity index is 3.68. The van der Waals surface area contributed by atoms with Crippen LogP contribution in [0.5, 0.6) is 0 Å². The highest BCUT2D eigenvalue weighted by molar-refractivity contribution is 5.94. The Bertz CT molecular complexity index is 211. The zero-order chi connectivity index (χ0) is 9.40. The van der Waals surface area contributed by atoms with Crippen molar-refractivity contribution in [3.63, 3.8) is 0 Å². The van der Waals surface area contributed by atoms with Crippen LogP contribution in [0.1, 0.15) is 6.92 Å². The molecule has 0 aliphatic heterocycles. The molecule has 0 aromatic rings. The van der Waals surface area contributed by atoms with Gasteiger partial charge >= 0.3 is 12.1 Å². The van der Waals surface area contributed by atoms with Crippen LogP contribution < -0.4 is 5.32 Å². The van der Waals surface area contributed by atoms with Crippen LogP contribution in [0.4, 0.5) is 9.59 Å². The van der Waals surface area contributed by atoms with E-state index in [0.29, 0.717) is 0 Å². The van der Waals surface area contributed by atoms with Crippen LogP contribution in [0, 0.1) is 0 Å². The Morgan fingerprint density at radius 3 is 2.83 bits per heavy atom.